The number of nitro benzene ring substituents is 1. The largest absolute Gasteiger partial charge is 0.316 e. The van der Waals surface area contributed by atoms with Crippen LogP contribution in [0.4, 0.5) is 5.69 Å². The van der Waals surface area contributed by atoms with Crippen molar-refractivity contribution in [3.8, 4) is 0 Å². The van der Waals surface area contributed by atoms with Crippen molar-refractivity contribution < 1.29 is 4.92 Å². The molecule has 2 aromatic rings. The third-order valence-corrected chi connectivity index (χ3v) is 3.43. The summed E-state index contributed by atoms with van der Waals surface area (Å²) in [6.45, 7) is 3.71. The average Bonchev–Trinajstić information content (AvgIpc) is 2.47. The third kappa shape index (κ3) is 4.68. The third-order valence-electron chi connectivity index (χ3n) is 3.43. The van der Waals surface area contributed by atoms with Crippen molar-refractivity contribution in [1.29, 1.82) is 0 Å². The Hall–Kier alpha value is -2.20. The van der Waals surface area contributed by atoms with Gasteiger partial charge in [0.2, 0.25) is 0 Å². The summed E-state index contributed by atoms with van der Waals surface area (Å²) in [5.74, 6) is 0. The number of hydrogen-bond donors (Lipinski definition) is 1. The molecule has 0 aliphatic carbocycles. The Morgan fingerprint density at radius 2 is 1.81 bits per heavy atom. The molecule has 0 atom stereocenters. The van der Waals surface area contributed by atoms with Gasteiger partial charge in [-0.2, -0.15) is 0 Å². The molecule has 0 saturated heterocycles. The lowest BCUT2D eigenvalue weighted by molar-refractivity contribution is -0.385. The molecule has 2 rings (SSSR count). The monoisotopic (exact) mass is 284 g/mol. The summed E-state index contributed by atoms with van der Waals surface area (Å²) in [6.07, 6.45) is 1.64. The fourth-order valence-electron chi connectivity index (χ4n) is 2.35. The maximum absolute atomic E-state index is 10.9. The first-order valence-corrected chi connectivity index (χ1v) is 7.15. The van der Waals surface area contributed by atoms with Crippen molar-refractivity contribution in [2.45, 2.75) is 19.8 Å². The first-order valence-electron chi connectivity index (χ1n) is 7.15. The summed E-state index contributed by atoms with van der Waals surface area (Å²) in [6, 6.07) is 15.4. The van der Waals surface area contributed by atoms with Crippen LogP contribution >= 0.6 is 0 Å². The summed E-state index contributed by atoms with van der Waals surface area (Å²) >= 11 is 0. The van der Waals surface area contributed by atoms with Crippen LogP contribution in [0.2, 0.25) is 0 Å². The molecule has 0 aliphatic rings. The predicted molar refractivity (Wildman–Crippen MR) is 84.6 cm³/mol. The zero-order valence-electron chi connectivity index (χ0n) is 12.2. The lowest BCUT2D eigenvalue weighted by Crippen LogP contribution is -2.20. The molecule has 0 aromatic heterocycles. The van der Waals surface area contributed by atoms with E-state index in [0.717, 1.165) is 25.1 Å². The van der Waals surface area contributed by atoms with Crippen molar-refractivity contribution in [3.63, 3.8) is 0 Å². The molecule has 0 bridgehead atoms. The van der Waals surface area contributed by atoms with E-state index in [1.54, 1.807) is 12.1 Å². The van der Waals surface area contributed by atoms with Crippen molar-refractivity contribution >= 4 is 5.69 Å². The van der Waals surface area contributed by atoms with Gasteiger partial charge in [0.15, 0.2) is 0 Å². The summed E-state index contributed by atoms with van der Waals surface area (Å²) in [4.78, 5) is 10.6. The van der Waals surface area contributed by atoms with Crippen LogP contribution in [0.25, 0.3) is 0 Å². The van der Waals surface area contributed by atoms with Crippen LogP contribution in [-0.2, 0) is 12.8 Å². The Bertz CT molecular complexity index is 611. The van der Waals surface area contributed by atoms with Crippen molar-refractivity contribution in [2.24, 2.45) is 0 Å². The molecule has 2 aromatic carbocycles. The maximum atomic E-state index is 10.9. The lowest BCUT2D eigenvalue weighted by Gasteiger charge is -2.06. The number of para-hydroxylation sites is 1. The molecular formula is C17H20N2O2. The second-order valence-corrected chi connectivity index (χ2v) is 5.12. The molecular weight excluding hydrogens is 264 g/mol. The van der Waals surface area contributed by atoms with Gasteiger partial charge in [0, 0.05) is 11.6 Å². The van der Waals surface area contributed by atoms with Gasteiger partial charge >= 0.3 is 0 Å². The first-order chi connectivity index (χ1) is 10.2. The van der Waals surface area contributed by atoms with Crippen molar-refractivity contribution in [1.82, 2.24) is 5.32 Å². The van der Waals surface area contributed by atoms with Gasteiger partial charge in [-0.05, 0) is 38.4 Å². The Balaban J connectivity index is 1.76. The molecule has 0 unspecified atom stereocenters. The molecule has 1 N–H and O–H groups in total. The molecule has 0 aliphatic heterocycles. The minimum absolute atomic E-state index is 0.206. The van der Waals surface area contributed by atoms with E-state index >= 15 is 0 Å². The van der Waals surface area contributed by atoms with Gasteiger partial charge in [0.25, 0.3) is 5.69 Å². The number of aryl methyl sites for hydroxylation is 1. The summed E-state index contributed by atoms with van der Waals surface area (Å²) in [5.41, 5.74) is 3.57. The van der Waals surface area contributed by atoms with E-state index in [-0.39, 0.29) is 10.6 Å². The van der Waals surface area contributed by atoms with Crippen LogP contribution < -0.4 is 5.32 Å². The molecule has 0 saturated carbocycles. The number of hydrogen-bond acceptors (Lipinski definition) is 3. The van der Waals surface area contributed by atoms with Crippen molar-refractivity contribution in [3.05, 3.63) is 75.3 Å². The molecule has 4 heteroatoms. The number of nitrogens with zero attached hydrogens (tertiary/aromatic N) is 1. The van der Waals surface area contributed by atoms with Crippen LogP contribution in [0, 0.1) is 17.0 Å². The van der Waals surface area contributed by atoms with Gasteiger partial charge in [0.1, 0.15) is 0 Å². The van der Waals surface area contributed by atoms with E-state index in [9.17, 15) is 10.1 Å². The van der Waals surface area contributed by atoms with E-state index in [4.69, 9.17) is 0 Å². The van der Waals surface area contributed by atoms with E-state index in [1.807, 2.05) is 12.1 Å². The topological polar surface area (TPSA) is 55.2 Å². The Kier molecular flexibility index (Phi) is 5.46. The fraction of sp³-hybridized carbons (Fsp3) is 0.294. The van der Waals surface area contributed by atoms with Gasteiger partial charge in [-0.3, -0.25) is 10.1 Å². The smallest absolute Gasteiger partial charge is 0.272 e. The highest BCUT2D eigenvalue weighted by Gasteiger charge is 2.11. The molecule has 110 valence electrons. The highest BCUT2D eigenvalue weighted by molar-refractivity contribution is 5.39. The second-order valence-electron chi connectivity index (χ2n) is 5.12. The minimum Gasteiger partial charge on any atom is -0.316 e. The van der Waals surface area contributed by atoms with E-state index < -0.39 is 0 Å². The molecule has 4 nitrogen and oxygen atoms in total. The lowest BCUT2D eigenvalue weighted by atomic mass is 10.1. The fourth-order valence-corrected chi connectivity index (χ4v) is 2.35. The molecule has 0 spiro atoms. The first kappa shape index (κ1) is 15.2. The maximum Gasteiger partial charge on any atom is 0.272 e. The van der Waals surface area contributed by atoms with E-state index in [0.29, 0.717) is 6.42 Å². The quantitative estimate of drug-likeness (QED) is 0.482. The number of nitro groups is 1. The molecule has 0 heterocycles. The molecule has 0 radical (unpaired) electrons. The normalized spacial score (nSPS) is 10.5. The molecule has 0 amide bonds. The van der Waals surface area contributed by atoms with Gasteiger partial charge in [-0.25, -0.2) is 0 Å². The Morgan fingerprint density at radius 3 is 2.57 bits per heavy atom. The zero-order valence-corrected chi connectivity index (χ0v) is 12.2. The Morgan fingerprint density at radius 1 is 1.05 bits per heavy atom. The van der Waals surface area contributed by atoms with E-state index in [1.165, 1.54) is 11.1 Å². The second kappa shape index (κ2) is 7.55. The highest BCUT2D eigenvalue weighted by Crippen LogP contribution is 2.17. The van der Waals surface area contributed by atoms with Gasteiger partial charge in [0.05, 0.1) is 4.92 Å². The number of nitrogens with one attached hydrogen (secondary N) is 1. The predicted octanol–water partition coefficient (Wildman–Crippen LogP) is 3.28. The van der Waals surface area contributed by atoms with Crippen LogP contribution in [0.5, 0.6) is 0 Å². The SMILES string of the molecule is Cc1cccc(CCNCCc2ccccc2[N+](=O)[O-])c1. The minimum atomic E-state index is -0.317. The molecule has 0 fully saturated rings. The van der Waals surface area contributed by atoms with Crippen LogP contribution in [0.3, 0.4) is 0 Å². The van der Waals surface area contributed by atoms with Crippen LogP contribution in [-0.4, -0.2) is 18.0 Å². The van der Waals surface area contributed by atoms with Crippen LogP contribution in [0.1, 0.15) is 16.7 Å². The Labute approximate surface area is 125 Å². The zero-order chi connectivity index (χ0) is 15.1. The van der Waals surface area contributed by atoms with Crippen LogP contribution in [0.15, 0.2) is 48.5 Å². The summed E-state index contributed by atoms with van der Waals surface area (Å²) in [5, 5.41) is 14.3. The summed E-state index contributed by atoms with van der Waals surface area (Å²) in [7, 11) is 0. The average molecular weight is 284 g/mol. The molecule has 21 heavy (non-hydrogen) atoms. The highest BCUT2D eigenvalue weighted by atomic mass is 16.6. The number of benzene rings is 2. The summed E-state index contributed by atoms with van der Waals surface area (Å²) < 4.78 is 0. The van der Waals surface area contributed by atoms with E-state index in [2.05, 4.69) is 36.5 Å². The van der Waals surface area contributed by atoms with Gasteiger partial charge < -0.3 is 5.32 Å². The standard InChI is InChI=1S/C17H20N2O2/c1-14-5-4-6-15(13-14)9-11-18-12-10-16-7-2-3-8-17(16)19(20)21/h2-8,13,18H,9-12H2,1H3. The van der Waals surface area contributed by atoms with Crippen molar-refractivity contribution in [2.75, 3.05) is 13.1 Å². The number of rotatable bonds is 7. The van der Waals surface area contributed by atoms with Gasteiger partial charge in [-0.15, -0.1) is 0 Å². The van der Waals surface area contributed by atoms with Gasteiger partial charge in [-0.1, -0.05) is 48.0 Å².